The largest absolute Gasteiger partial charge is 0.497 e. The quantitative estimate of drug-likeness (QED) is 0.440. The third kappa shape index (κ3) is 4.15. The van der Waals surface area contributed by atoms with Crippen LogP contribution >= 0.6 is 11.6 Å². The molecule has 27 heavy (non-hydrogen) atoms. The van der Waals surface area contributed by atoms with Crippen molar-refractivity contribution in [1.29, 1.82) is 0 Å². The number of nitrogens with zero attached hydrogens (tertiary/aromatic N) is 3. The molecule has 0 aliphatic heterocycles. The molecule has 7 nitrogen and oxygen atoms in total. The number of hydrogen-bond donors (Lipinski definition) is 0. The Labute approximate surface area is 160 Å². The van der Waals surface area contributed by atoms with E-state index in [1.807, 2.05) is 6.92 Å². The van der Waals surface area contributed by atoms with Gasteiger partial charge in [0.1, 0.15) is 10.8 Å². The standard InChI is InChI=1S/C19H16ClN3O4/c1-3-13-5-4-12(11-17(13)23(24)25)10-16(20)19-21-18(22-27-19)14-6-8-15(26-2)9-7-14/h4-11H,3H2,1-2H3/b16-10-. The van der Waals surface area contributed by atoms with Crippen molar-refractivity contribution in [2.24, 2.45) is 0 Å². The van der Waals surface area contributed by atoms with E-state index in [1.54, 1.807) is 49.6 Å². The summed E-state index contributed by atoms with van der Waals surface area (Å²) in [7, 11) is 1.59. The van der Waals surface area contributed by atoms with Gasteiger partial charge in [0.2, 0.25) is 5.82 Å². The maximum Gasteiger partial charge on any atom is 0.273 e. The van der Waals surface area contributed by atoms with E-state index in [2.05, 4.69) is 10.1 Å². The normalized spacial score (nSPS) is 11.4. The number of aromatic nitrogens is 2. The summed E-state index contributed by atoms with van der Waals surface area (Å²) in [6.07, 6.45) is 2.13. The van der Waals surface area contributed by atoms with Gasteiger partial charge in [-0.05, 0) is 42.3 Å². The second-order valence-electron chi connectivity index (χ2n) is 5.64. The molecule has 8 heteroatoms. The van der Waals surface area contributed by atoms with Gasteiger partial charge in [0, 0.05) is 17.2 Å². The second kappa shape index (κ2) is 8.01. The summed E-state index contributed by atoms with van der Waals surface area (Å²) in [4.78, 5) is 15.1. The van der Waals surface area contributed by atoms with Crippen molar-refractivity contribution in [1.82, 2.24) is 10.1 Å². The average molecular weight is 386 g/mol. The predicted octanol–water partition coefficient (Wildman–Crippen LogP) is 4.95. The molecular weight excluding hydrogens is 370 g/mol. The fourth-order valence-electron chi connectivity index (χ4n) is 2.53. The Hall–Kier alpha value is -3.19. The molecule has 3 aromatic rings. The third-order valence-corrected chi connectivity index (χ3v) is 4.23. The molecule has 0 radical (unpaired) electrons. The molecule has 1 heterocycles. The molecule has 0 unspecified atom stereocenters. The number of methoxy groups -OCH3 is 1. The van der Waals surface area contributed by atoms with E-state index in [-0.39, 0.29) is 16.6 Å². The summed E-state index contributed by atoms with van der Waals surface area (Å²) in [5, 5.41) is 15.3. The Morgan fingerprint density at radius 2 is 2.04 bits per heavy atom. The first-order chi connectivity index (χ1) is 13.0. The predicted molar refractivity (Wildman–Crippen MR) is 102 cm³/mol. The lowest BCUT2D eigenvalue weighted by atomic mass is 10.1. The maximum atomic E-state index is 11.2. The Bertz CT molecular complexity index is 996. The molecule has 0 atom stereocenters. The molecule has 0 amide bonds. The first kappa shape index (κ1) is 18.6. The van der Waals surface area contributed by atoms with Crippen molar-refractivity contribution in [3.05, 3.63) is 69.6 Å². The van der Waals surface area contributed by atoms with Crippen LogP contribution in [0.3, 0.4) is 0 Å². The molecule has 0 spiro atoms. The fraction of sp³-hybridized carbons (Fsp3) is 0.158. The molecular formula is C19H16ClN3O4. The number of nitro groups is 1. The zero-order valence-corrected chi connectivity index (χ0v) is 15.4. The van der Waals surface area contributed by atoms with Crippen molar-refractivity contribution >= 4 is 28.4 Å². The van der Waals surface area contributed by atoms with Crippen LogP contribution in [0, 0.1) is 10.1 Å². The van der Waals surface area contributed by atoms with Gasteiger partial charge in [-0.25, -0.2) is 0 Å². The van der Waals surface area contributed by atoms with Crippen LogP contribution in [-0.2, 0) is 6.42 Å². The summed E-state index contributed by atoms with van der Waals surface area (Å²) < 4.78 is 10.3. The molecule has 2 aromatic carbocycles. The minimum absolute atomic E-state index is 0.0557. The van der Waals surface area contributed by atoms with Crippen LogP contribution in [0.1, 0.15) is 23.9 Å². The van der Waals surface area contributed by atoms with Gasteiger partial charge in [0.05, 0.1) is 12.0 Å². The summed E-state index contributed by atoms with van der Waals surface area (Å²) in [6.45, 7) is 1.87. The molecule has 0 N–H and O–H groups in total. The Morgan fingerprint density at radius 1 is 1.30 bits per heavy atom. The van der Waals surface area contributed by atoms with Crippen LogP contribution in [0.25, 0.3) is 22.5 Å². The fourth-order valence-corrected chi connectivity index (χ4v) is 2.73. The van der Waals surface area contributed by atoms with E-state index >= 15 is 0 Å². The third-order valence-electron chi connectivity index (χ3n) is 3.96. The van der Waals surface area contributed by atoms with Gasteiger partial charge >= 0.3 is 0 Å². The SMILES string of the molecule is CCc1ccc(/C=C(\Cl)c2nc(-c3ccc(OC)cc3)no2)cc1[N+](=O)[O-]. The molecule has 0 bridgehead atoms. The number of ether oxygens (including phenoxy) is 1. The Kier molecular flexibility index (Phi) is 5.52. The van der Waals surface area contributed by atoms with Crippen molar-refractivity contribution in [3.8, 4) is 17.1 Å². The molecule has 0 aliphatic carbocycles. The van der Waals surface area contributed by atoms with Crippen LogP contribution in [0.5, 0.6) is 5.75 Å². The van der Waals surface area contributed by atoms with Gasteiger partial charge in [-0.1, -0.05) is 35.8 Å². The summed E-state index contributed by atoms with van der Waals surface area (Å²) >= 11 is 6.27. The number of hydrogen-bond acceptors (Lipinski definition) is 6. The second-order valence-corrected chi connectivity index (χ2v) is 6.05. The topological polar surface area (TPSA) is 91.3 Å². The highest BCUT2D eigenvalue weighted by Gasteiger charge is 2.15. The molecule has 0 fully saturated rings. The van der Waals surface area contributed by atoms with Crippen molar-refractivity contribution < 1.29 is 14.2 Å². The molecule has 1 aromatic heterocycles. The zero-order chi connectivity index (χ0) is 19.4. The first-order valence-electron chi connectivity index (χ1n) is 8.15. The maximum absolute atomic E-state index is 11.2. The van der Waals surface area contributed by atoms with Crippen LogP contribution in [-0.4, -0.2) is 22.2 Å². The van der Waals surface area contributed by atoms with Gasteiger partial charge in [0.25, 0.3) is 11.6 Å². The van der Waals surface area contributed by atoms with E-state index in [4.69, 9.17) is 20.9 Å². The smallest absolute Gasteiger partial charge is 0.273 e. The summed E-state index contributed by atoms with van der Waals surface area (Å²) in [5.41, 5.74) is 2.04. The van der Waals surface area contributed by atoms with Crippen molar-refractivity contribution in [3.63, 3.8) is 0 Å². The monoisotopic (exact) mass is 385 g/mol. The molecule has 0 saturated carbocycles. The van der Waals surface area contributed by atoms with Crippen LogP contribution in [0.15, 0.2) is 47.0 Å². The molecule has 0 saturated heterocycles. The van der Waals surface area contributed by atoms with Crippen LogP contribution < -0.4 is 4.74 Å². The molecule has 138 valence electrons. The number of aryl methyl sites for hydroxylation is 1. The van der Waals surface area contributed by atoms with E-state index in [9.17, 15) is 10.1 Å². The van der Waals surface area contributed by atoms with E-state index in [0.29, 0.717) is 23.4 Å². The highest BCUT2D eigenvalue weighted by Crippen LogP contribution is 2.27. The van der Waals surface area contributed by atoms with E-state index < -0.39 is 4.92 Å². The first-order valence-corrected chi connectivity index (χ1v) is 8.52. The lowest BCUT2D eigenvalue weighted by Crippen LogP contribution is -1.94. The van der Waals surface area contributed by atoms with Gasteiger partial charge in [0.15, 0.2) is 0 Å². The lowest BCUT2D eigenvalue weighted by Gasteiger charge is -2.01. The minimum Gasteiger partial charge on any atom is -0.497 e. The Morgan fingerprint density at radius 3 is 2.67 bits per heavy atom. The molecule has 3 rings (SSSR count). The van der Waals surface area contributed by atoms with Crippen molar-refractivity contribution in [2.45, 2.75) is 13.3 Å². The highest BCUT2D eigenvalue weighted by atomic mass is 35.5. The summed E-state index contributed by atoms with van der Waals surface area (Å²) in [6, 6.07) is 12.1. The number of halogens is 1. The summed E-state index contributed by atoms with van der Waals surface area (Å²) in [5.74, 6) is 1.23. The highest BCUT2D eigenvalue weighted by molar-refractivity contribution is 6.50. The lowest BCUT2D eigenvalue weighted by molar-refractivity contribution is -0.385. The average Bonchev–Trinajstić information content (AvgIpc) is 3.18. The van der Waals surface area contributed by atoms with Crippen molar-refractivity contribution in [2.75, 3.05) is 7.11 Å². The van der Waals surface area contributed by atoms with E-state index in [1.165, 1.54) is 6.07 Å². The van der Waals surface area contributed by atoms with Crippen LogP contribution in [0.2, 0.25) is 0 Å². The van der Waals surface area contributed by atoms with Gasteiger partial charge in [-0.15, -0.1) is 0 Å². The van der Waals surface area contributed by atoms with Gasteiger partial charge in [-0.2, -0.15) is 4.98 Å². The van der Waals surface area contributed by atoms with Gasteiger partial charge < -0.3 is 9.26 Å². The molecule has 0 aliphatic rings. The minimum atomic E-state index is -0.404. The number of nitro benzene ring substituents is 1. The van der Waals surface area contributed by atoms with Crippen LogP contribution in [0.4, 0.5) is 5.69 Å². The number of rotatable bonds is 6. The van der Waals surface area contributed by atoms with Gasteiger partial charge in [-0.3, -0.25) is 10.1 Å². The Balaban J connectivity index is 1.87. The zero-order valence-electron chi connectivity index (χ0n) is 14.7. The van der Waals surface area contributed by atoms with E-state index in [0.717, 1.165) is 11.3 Å². The number of benzene rings is 2.